The summed E-state index contributed by atoms with van der Waals surface area (Å²) in [6.45, 7) is -1.54. The van der Waals surface area contributed by atoms with Gasteiger partial charge >= 0.3 is 6.05 Å². The highest BCUT2D eigenvalue weighted by molar-refractivity contribution is 6.35. The summed E-state index contributed by atoms with van der Waals surface area (Å²) < 4.78 is 38.2. The lowest BCUT2D eigenvalue weighted by Crippen LogP contribution is -2.27. The number of hydrogen-bond donors (Lipinski definition) is 3. The van der Waals surface area contributed by atoms with E-state index in [9.17, 15) is 25.9 Å². The minimum absolute atomic E-state index is 0.157. The van der Waals surface area contributed by atoms with Crippen LogP contribution in [0.4, 0.5) is 20.2 Å². The number of nitriles is 3. The lowest BCUT2D eigenvalue weighted by Gasteiger charge is -2.23. The molecule has 0 radical (unpaired) electrons. The van der Waals surface area contributed by atoms with Crippen LogP contribution in [0, 0.1) is 34.0 Å². The van der Waals surface area contributed by atoms with E-state index in [4.69, 9.17) is 16.7 Å². The summed E-state index contributed by atoms with van der Waals surface area (Å²) >= 11 is 6.70. The highest BCUT2D eigenvalue weighted by Crippen LogP contribution is 2.38. The molecule has 0 fully saturated rings. The Bertz CT molecular complexity index is 2020. The van der Waals surface area contributed by atoms with Crippen molar-refractivity contribution in [3.8, 4) is 18.2 Å². The second-order valence-electron chi connectivity index (χ2n) is 9.88. The van der Waals surface area contributed by atoms with Crippen LogP contribution in [0.3, 0.4) is 0 Å². The number of pyridine rings is 1. The van der Waals surface area contributed by atoms with E-state index in [1.165, 1.54) is 36.5 Å². The zero-order valence-electron chi connectivity index (χ0n) is 24.4. The second kappa shape index (κ2) is 13.4. The van der Waals surface area contributed by atoms with Gasteiger partial charge in [-0.15, -0.1) is 5.10 Å². The highest BCUT2D eigenvalue weighted by atomic mass is 35.5. The van der Waals surface area contributed by atoms with Crippen LogP contribution >= 0.6 is 11.6 Å². The summed E-state index contributed by atoms with van der Waals surface area (Å²) in [5.41, 5.74) is 2.16. The molecule has 2 heterocycles. The molecule has 0 aliphatic carbocycles. The van der Waals surface area contributed by atoms with Crippen molar-refractivity contribution in [3.63, 3.8) is 0 Å². The average molecular weight is 625 g/mol. The number of fused-ring (bicyclic) bond motifs is 1. The lowest BCUT2D eigenvalue weighted by molar-refractivity contribution is -0.131. The predicted octanol–water partition coefficient (Wildman–Crippen LogP) is 6.42. The molecule has 0 spiro atoms. The van der Waals surface area contributed by atoms with E-state index >= 15 is 0 Å². The summed E-state index contributed by atoms with van der Waals surface area (Å²) in [6, 6.07) is 18.6. The zero-order chi connectivity index (χ0) is 32.9. The standard InChI is InChI=1S/C32H24ClF2N9O/c33-26-14-24(40-30(22-9-4-6-20(12-22)15-37)28-18-44(43-42-28)32(34,35)19-45)13-25-29(23(16-38)17-39-31(25)26)41-27(10-5-11-36)21-7-2-1-3-8-21/h1-4,6-9,12-14,17-18,27,30,40,45H,5,10,19H2,(H,39,41)/i30D. The second-order valence-corrected chi connectivity index (χ2v) is 10.3. The third-order valence-electron chi connectivity index (χ3n) is 6.94. The van der Waals surface area contributed by atoms with E-state index in [1.807, 2.05) is 36.4 Å². The monoisotopic (exact) mass is 624 g/mol. The fraction of sp³-hybridized carbons (Fsp3) is 0.188. The first-order valence-corrected chi connectivity index (χ1v) is 13.9. The van der Waals surface area contributed by atoms with Crippen molar-refractivity contribution in [2.75, 3.05) is 17.2 Å². The molecular weight excluding hydrogens is 600 g/mol. The molecule has 0 aliphatic rings. The zero-order valence-corrected chi connectivity index (χ0v) is 24.2. The maximum absolute atomic E-state index is 14.3. The van der Waals surface area contributed by atoms with Gasteiger partial charge in [-0.05, 0) is 41.8 Å². The van der Waals surface area contributed by atoms with Crippen molar-refractivity contribution >= 4 is 33.9 Å². The van der Waals surface area contributed by atoms with Crippen molar-refractivity contribution < 1.29 is 15.3 Å². The molecule has 5 aromatic rings. The molecule has 2 unspecified atom stereocenters. The number of aliphatic hydroxyl groups excluding tert-OH is 1. The van der Waals surface area contributed by atoms with Crippen molar-refractivity contribution in [2.45, 2.75) is 30.9 Å². The minimum Gasteiger partial charge on any atom is -0.388 e. The van der Waals surface area contributed by atoms with Crippen LogP contribution in [0.15, 0.2) is 79.1 Å². The van der Waals surface area contributed by atoms with Gasteiger partial charge in [-0.2, -0.15) is 29.2 Å². The number of nitrogens with one attached hydrogen (secondary N) is 2. The smallest absolute Gasteiger partial charge is 0.367 e. The number of alkyl halides is 2. The lowest BCUT2D eigenvalue weighted by atomic mass is 9.99. The number of aliphatic hydroxyl groups is 1. The number of halogens is 3. The van der Waals surface area contributed by atoms with E-state index < -0.39 is 18.7 Å². The fourth-order valence-corrected chi connectivity index (χ4v) is 5.01. The summed E-state index contributed by atoms with van der Waals surface area (Å²) in [5, 5.41) is 52.2. The quantitative estimate of drug-likeness (QED) is 0.151. The molecule has 3 N–H and O–H groups in total. The number of aromatic nitrogens is 4. The van der Waals surface area contributed by atoms with Crippen LogP contribution in [0.2, 0.25) is 5.02 Å². The molecule has 45 heavy (non-hydrogen) atoms. The molecule has 0 aliphatic heterocycles. The highest BCUT2D eigenvalue weighted by Gasteiger charge is 2.33. The summed E-state index contributed by atoms with van der Waals surface area (Å²) in [6.07, 6.45) is 2.89. The van der Waals surface area contributed by atoms with Crippen LogP contribution in [0.1, 0.15) is 54.2 Å². The molecule has 5 rings (SSSR count). The first-order valence-electron chi connectivity index (χ1n) is 14.0. The Morgan fingerprint density at radius 1 is 1.02 bits per heavy atom. The third kappa shape index (κ3) is 6.66. The van der Waals surface area contributed by atoms with Crippen LogP contribution < -0.4 is 10.6 Å². The molecule has 10 nitrogen and oxygen atoms in total. The summed E-state index contributed by atoms with van der Waals surface area (Å²) in [4.78, 5) is 4.38. The van der Waals surface area contributed by atoms with Gasteiger partial charge in [-0.25, -0.2) is 0 Å². The van der Waals surface area contributed by atoms with Gasteiger partial charge in [0.1, 0.15) is 18.4 Å². The van der Waals surface area contributed by atoms with E-state index in [-0.39, 0.29) is 50.2 Å². The molecular formula is C32H24ClF2N9O. The maximum atomic E-state index is 14.3. The molecule has 13 heteroatoms. The topological polar surface area (TPSA) is 159 Å². The van der Waals surface area contributed by atoms with Gasteiger partial charge in [-0.1, -0.05) is 59.3 Å². The summed E-state index contributed by atoms with van der Waals surface area (Å²) in [5.74, 6) is 0. The SMILES string of the molecule is [2H]C(Nc1cc(Cl)c2ncc(C#N)c(NC(CCC#N)c3ccccc3)c2c1)(c1cccc(C#N)c1)c1cn(C(F)(F)CO)nn1. The molecule has 2 aromatic heterocycles. The number of anilines is 2. The van der Waals surface area contributed by atoms with Crippen LogP contribution in [-0.4, -0.2) is 31.7 Å². The van der Waals surface area contributed by atoms with Crippen molar-refractivity contribution in [2.24, 2.45) is 0 Å². The molecule has 0 amide bonds. The van der Waals surface area contributed by atoms with Gasteiger partial charge in [-0.3, -0.25) is 4.98 Å². The van der Waals surface area contributed by atoms with E-state index in [0.717, 1.165) is 11.8 Å². The normalized spacial score (nSPS) is 13.5. The number of benzene rings is 3. The minimum atomic E-state index is -3.78. The molecule has 0 bridgehead atoms. The van der Waals surface area contributed by atoms with E-state index in [0.29, 0.717) is 23.0 Å². The van der Waals surface area contributed by atoms with Gasteiger partial charge in [0.05, 0.1) is 59.1 Å². The Balaban J connectivity index is 1.66. The Morgan fingerprint density at radius 3 is 2.51 bits per heavy atom. The predicted molar refractivity (Wildman–Crippen MR) is 163 cm³/mol. The molecule has 3 aromatic carbocycles. The Hall–Kier alpha value is -5.61. The third-order valence-corrected chi connectivity index (χ3v) is 7.22. The Labute approximate surface area is 263 Å². The first-order chi connectivity index (χ1) is 22.1. The van der Waals surface area contributed by atoms with E-state index in [1.54, 1.807) is 6.07 Å². The molecule has 2 atom stereocenters. The largest absolute Gasteiger partial charge is 0.388 e. The number of rotatable bonds is 11. The molecule has 0 saturated heterocycles. The van der Waals surface area contributed by atoms with Gasteiger partial charge in [0, 0.05) is 23.7 Å². The van der Waals surface area contributed by atoms with Crippen molar-refractivity contribution in [1.29, 1.82) is 15.8 Å². The number of hydrogen-bond acceptors (Lipinski definition) is 9. The van der Waals surface area contributed by atoms with Gasteiger partial charge in [0.25, 0.3) is 0 Å². The maximum Gasteiger partial charge on any atom is 0.367 e. The van der Waals surface area contributed by atoms with Crippen LogP contribution in [0.25, 0.3) is 10.9 Å². The number of nitrogens with zero attached hydrogens (tertiary/aromatic N) is 7. The van der Waals surface area contributed by atoms with Crippen molar-refractivity contribution in [3.05, 3.63) is 112 Å². The van der Waals surface area contributed by atoms with Gasteiger partial charge in [0.2, 0.25) is 0 Å². The van der Waals surface area contributed by atoms with Gasteiger partial charge in [0.15, 0.2) is 0 Å². The Kier molecular flexibility index (Phi) is 8.74. The molecule has 0 saturated carbocycles. The van der Waals surface area contributed by atoms with Crippen LogP contribution in [-0.2, 0) is 6.05 Å². The first kappa shape index (κ1) is 29.5. The summed E-state index contributed by atoms with van der Waals surface area (Å²) in [7, 11) is 0. The average Bonchev–Trinajstić information content (AvgIpc) is 3.59. The molecule has 224 valence electrons. The van der Waals surface area contributed by atoms with Crippen molar-refractivity contribution in [1.82, 2.24) is 20.0 Å². The van der Waals surface area contributed by atoms with E-state index in [2.05, 4.69) is 38.1 Å². The fourth-order valence-electron chi connectivity index (χ4n) is 4.75. The van der Waals surface area contributed by atoms with Crippen LogP contribution in [0.5, 0.6) is 0 Å². The Morgan fingerprint density at radius 2 is 1.80 bits per heavy atom. The van der Waals surface area contributed by atoms with Gasteiger partial charge < -0.3 is 15.7 Å².